The zero-order valence-corrected chi connectivity index (χ0v) is 11.2. The Bertz CT molecular complexity index is 377. The lowest BCUT2D eigenvalue weighted by Gasteiger charge is -2.12. The second-order valence-corrected chi connectivity index (χ2v) is 5.22. The number of unbranched alkanes of at least 4 members (excludes halogenated alkanes) is 2. The molecule has 0 aliphatic carbocycles. The molecule has 0 aliphatic heterocycles. The topological polar surface area (TPSA) is 26.0 Å². The minimum atomic E-state index is -4.29. The number of alkyl halides is 3. The number of thioether (sulfide) groups is 1. The fourth-order valence-corrected chi connectivity index (χ4v) is 2.68. The van der Waals surface area contributed by atoms with Gasteiger partial charge in [0.1, 0.15) is 0 Å². The Hall–Kier alpha value is -0.680. The third-order valence-electron chi connectivity index (χ3n) is 2.62. The van der Waals surface area contributed by atoms with Crippen molar-refractivity contribution in [2.24, 2.45) is 5.73 Å². The lowest BCUT2D eigenvalue weighted by molar-refractivity contribution is -0.137. The van der Waals surface area contributed by atoms with E-state index in [1.54, 1.807) is 0 Å². The summed E-state index contributed by atoms with van der Waals surface area (Å²) in [5.74, 6) is 0.835. The van der Waals surface area contributed by atoms with Crippen molar-refractivity contribution in [3.05, 3.63) is 29.3 Å². The Labute approximate surface area is 110 Å². The molecule has 1 aromatic carbocycles. The maximum Gasteiger partial charge on any atom is 0.416 e. The summed E-state index contributed by atoms with van der Waals surface area (Å²) in [6.45, 7) is 2.37. The Morgan fingerprint density at radius 3 is 2.50 bits per heavy atom. The van der Waals surface area contributed by atoms with Gasteiger partial charge in [-0.3, -0.25) is 0 Å². The molecule has 2 N–H and O–H groups in total. The van der Waals surface area contributed by atoms with Crippen LogP contribution in [-0.2, 0) is 12.7 Å². The smallest absolute Gasteiger partial charge is 0.326 e. The molecule has 0 heterocycles. The highest BCUT2D eigenvalue weighted by molar-refractivity contribution is 7.99. The van der Waals surface area contributed by atoms with Crippen molar-refractivity contribution < 1.29 is 13.2 Å². The lowest BCUT2D eigenvalue weighted by Crippen LogP contribution is -2.07. The van der Waals surface area contributed by atoms with Crippen LogP contribution in [0.2, 0.25) is 0 Å². The predicted molar refractivity (Wildman–Crippen MR) is 69.6 cm³/mol. The molecule has 0 unspecified atom stereocenters. The summed E-state index contributed by atoms with van der Waals surface area (Å²) < 4.78 is 37.8. The molecule has 0 aliphatic rings. The van der Waals surface area contributed by atoms with Crippen LogP contribution in [0.5, 0.6) is 0 Å². The molecule has 0 bridgehead atoms. The number of hydrogen-bond acceptors (Lipinski definition) is 2. The largest absolute Gasteiger partial charge is 0.416 e. The van der Waals surface area contributed by atoms with Crippen LogP contribution < -0.4 is 5.73 Å². The Morgan fingerprint density at radius 1 is 1.22 bits per heavy atom. The van der Waals surface area contributed by atoms with Gasteiger partial charge < -0.3 is 5.73 Å². The number of benzene rings is 1. The van der Waals surface area contributed by atoms with Crippen molar-refractivity contribution in [3.63, 3.8) is 0 Å². The summed E-state index contributed by atoms with van der Waals surface area (Å²) in [6, 6.07) is 3.78. The van der Waals surface area contributed by atoms with Gasteiger partial charge in [-0.05, 0) is 29.9 Å². The first-order valence-electron chi connectivity index (χ1n) is 6.02. The van der Waals surface area contributed by atoms with Gasteiger partial charge >= 0.3 is 6.18 Å². The van der Waals surface area contributed by atoms with Crippen LogP contribution in [0.1, 0.15) is 37.3 Å². The average molecular weight is 277 g/mol. The third-order valence-corrected chi connectivity index (χ3v) is 3.80. The van der Waals surface area contributed by atoms with Gasteiger partial charge in [0.15, 0.2) is 0 Å². The van der Waals surface area contributed by atoms with Gasteiger partial charge in [-0.2, -0.15) is 13.2 Å². The molecule has 5 heteroatoms. The molecule has 102 valence electrons. The van der Waals surface area contributed by atoms with Gasteiger partial charge in [0.25, 0.3) is 0 Å². The molecule has 0 spiro atoms. The van der Waals surface area contributed by atoms with Crippen molar-refractivity contribution in [1.82, 2.24) is 0 Å². The monoisotopic (exact) mass is 277 g/mol. The van der Waals surface area contributed by atoms with E-state index in [1.165, 1.54) is 23.9 Å². The summed E-state index contributed by atoms with van der Waals surface area (Å²) in [4.78, 5) is 0.656. The molecular weight excluding hydrogens is 259 g/mol. The highest BCUT2D eigenvalue weighted by Crippen LogP contribution is 2.33. The molecule has 18 heavy (non-hydrogen) atoms. The fraction of sp³-hybridized carbons (Fsp3) is 0.538. The first-order valence-corrected chi connectivity index (χ1v) is 7.00. The van der Waals surface area contributed by atoms with Crippen molar-refractivity contribution >= 4 is 11.8 Å². The summed E-state index contributed by atoms with van der Waals surface area (Å²) in [5, 5.41) is 0. The minimum Gasteiger partial charge on any atom is -0.326 e. The molecule has 0 saturated carbocycles. The first kappa shape index (κ1) is 15.4. The molecule has 1 aromatic rings. The van der Waals surface area contributed by atoms with E-state index in [2.05, 4.69) is 6.92 Å². The van der Waals surface area contributed by atoms with Crippen LogP contribution in [0.3, 0.4) is 0 Å². The SMILES string of the molecule is CCCCCSc1cc(C(F)(F)F)ccc1CN. The number of nitrogens with two attached hydrogens (primary N) is 1. The van der Waals surface area contributed by atoms with E-state index < -0.39 is 11.7 Å². The summed E-state index contributed by atoms with van der Waals surface area (Å²) in [5.41, 5.74) is 5.73. The normalized spacial score (nSPS) is 11.8. The molecule has 0 aromatic heterocycles. The van der Waals surface area contributed by atoms with Gasteiger partial charge in [-0.15, -0.1) is 11.8 Å². The van der Waals surface area contributed by atoms with Crippen molar-refractivity contribution in [3.8, 4) is 0 Å². The highest BCUT2D eigenvalue weighted by atomic mass is 32.2. The van der Waals surface area contributed by atoms with Crippen LogP contribution >= 0.6 is 11.8 Å². The molecule has 0 atom stereocenters. The molecule has 0 amide bonds. The molecule has 0 fully saturated rings. The summed E-state index contributed by atoms with van der Waals surface area (Å²) in [6.07, 6.45) is -1.07. The van der Waals surface area contributed by atoms with Gasteiger partial charge in [0, 0.05) is 11.4 Å². The maximum atomic E-state index is 12.6. The molecule has 0 saturated heterocycles. The standard InChI is InChI=1S/C13H18F3NS/c1-2-3-4-7-18-12-8-11(13(14,15)16)6-5-10(12)9-17/h5-6,8H,2-4,7,9,17H2,1H3. The quantitative estimate of drug-likeness (QED) is 0.614. The van der Waals surface area contributed by atoms with Gasteiger partial charge in [0.2, 0.25) is 0 Å². The number of halogens is 3. The first-order chi connectivity index (χ1) is 8.49. The van der Waals surface area contributed by atoms with Crippen LogP contribution in [0, 0.1) is 0 Å². The highest BCUT2D eigenvalue weighted by Gasteiger charge is 2.30. The Balaban J connectivity index is 2.79. The third kappa shape index (κ3) is 4.53. The summed E-state index contributed by atoms with van der Waals surface area (Å²) >= 11 is 1.46. The summed E-state index contributed by atoms with van der Waals surface area (Å²) in [7, 11) is 0. The zero-order chi connectivity index (χ0) is 13.6. The Morgan fingerprint density at radius 2 is 1.94 bits per heavy atom. The fourth-order valence-electron chi connectivity index (χ4n) is 1.57. The average Bonchev–Trinajstić information content (AvgIpc) is 2.33. The molecular formula is C13H18F3NS. The van der Waals surface area contributed by atoms with Crippen LogP contribution in [0.15, 0.2) is 23.1 Å². The molecule has 1 rings (SSSR count). The molecule has 0 radical (unpaired) electrons. The number of rotatable bonds is 6. The van der Waals surface area contributed by atoms with E-state index in [1.807, 2.05) is 0 Å². The lowest BCUT2D eigenvalue weighted by atomic mass is 10.1. The minimum absolute atomic E-state index is 0.272. The van der Waals surface area contributed by atoms with E-state index in [0.717, 1.165) is 36.6 Å². The van der Waals surface area contributed by atoms with Crippen LogP contribution in [-0.4, -0.2) is 5.75 Å². The van der Waals surface area contributed by atoms with Crippen molar-refractivity contribution in [2.75, 3.05) is 5.75 Å². The van der Waals surface area contributed by atoms with Gasteiger partial charge in [-0.25, -0.2) is 0 Å². The van der Waals surface area contributed by atoms with Gasteiger partial charge in [0.05, 0.1) is 5.56 Å². The van der Waals surface area contributed by atoms with E-state index in [4.69, 9.17) is 5.73 Å². The van der Waals surface area contributed by atoms with Crippen molar-refractivity contribution in [1.29, 1.82) is 0 Å². The second kappa shape index (κ2) is 7.04. The predicted octanol–water partition coefficient (Wildman–Crippen LogP) is 4.45. The zero-order valence-electron chi connectivity index (χ0n) is 10.4. The number of hydrogen-bond donors (Lipinski definition) is 1. The van der Waals surface area contributed by atoms with E-state index in [9.17, 15) is 13.2 Å². The van der Waals surface area contributed by atoms with Crippen molar-refractivity contribution in [2.45, 2.75) is 43.8 Å². The molecule has 1 nitrogen and oxygen atoms in total. The maximum absolute atomic E-state index is 12.6. The van der Waals surface area contributed by atoms with E-state index in [0.29, 0.717) is 4.90 Å². The van der Waals surface area contributed by atoms with Gasteiger partial charge in [-0.1, -0.05) is 25.8 Å². The van der Waals surface area contributed by atoms with E-state index in [-0.39, 0.29) is 6.54 Å². The van der Waals surface area contributed by atoms with Crippen LogP contribution in [0.25, 0.3) is 0 Å². The Kier molecular flexibility index (Phi) is 6.02. The van der Waals surface area contributed by atoms with E-state index >= 15 is 0 Å². The second-order valence-electron chi connectivity index (χ2n) is 4.08. The van der Waals surface area contributed by atoms with Crippen LogP contribution in [0.4, 0.5) is 13.2 Å².